The molecule has 2 aromatic rings. The zero-order valence-corrected chi connectivity index (χ0v) is 28.4. The van der Waals surface area contributed by atoms with Gasteiger partial charge in [-0.3, -0.25) is 20.2 Å². The Morgan fingerprint density at radius 1 is 0.489 bits per heavy atom. The number of rotatable bonds is 26. The van der Waals surface area contributed by atoms with E-state index in [0.717, 1.165) is 38.5 Å². The zero-order valence-electron chi connectivity index (χ0n) is 27.6. The van der Waals surface area contributed by atoms with Crippen molar-refractivity contribution >= 4 is 23.1 Å². The van der Waals surface area contributed by atoms with E-state index in [2.05, 4.69) is 11.8 Å². The van der Waals surface area contributed by atoms with Gasteiger partial charge in [0.15, 0.2) is 23.0 Å². The van der Waals surface area contributed by atoms with Gasteiger partial charge in [0.1, 0.15) is 0 Å². The molecule has 0 saturated heterocycles. The minimum atomic E-state index is -0.346. The zero-order chi connectivity index (χ0) is 32.9. The van der Waals surface area contributed by atoms with Crippen LogP contribution < -0.4 is 18.9 Å². The molecule has 0 atom stereocenters. The first kappa shape index (κ1) is 38.0. The van der Waals surface area contributed by atoms with Crippen LogP contribution >= 0.6 is 11.8 Å². The number of nitro groups is 2. The van der Waals surface area contributed by atoms with Gasteiger partial charge in [-0.05, 0) is 62.2 Å². The number of thioether (sulfide) groups is 1. The van der Waals surface area contributed by atoms with Gasteiger partial charge in [-0.25, -0.2) is 0 Å². The second-order valence-electron chi connectivity index (χ2n) is 11.2. The fourth-order valence-electron chi connectivity index (χ4n) is 5.47. The molecule has 0 aliphatic heterocycles. The highest BCUT2D eigenvalue weighted by atomic mass is 32.2. The Kier molecular flexibility index (Phi) is 18.8. The topological polar surface area (TPSA) is 123 Å². The number of ether oxygens (including phenoxy) is 4. The lowest BCUT2D eigenvalue weighted by Gasteiger charge is -2.10. The molecule has 45 heavy (non-hydrogen) atoms. The highest BCUT2D eigenvalue weighted by Crippen LogP contribution is 2.36. The summed E-state index contributed by atoms with van der Waals surface area (Å²) in [5.41, 5.74) is 1.60. The molecule has 0 fully saturated rings. The standard InChI is InChI=1S/C34H52N2O8S/c1-41-31-23-27(29(35(37)38)25-33(31)43-3)19-15-11-7-5-9-13-17-21-45-22-18-14-10-6-8-12-16-20-28-24-32(42-2)34(44-4)26-30(28)36(39)40/h23-26H,5-22H2,1-4H3. The maximum atomic E-state index is 11.5. The van der Waals surface area contributed by atoms with Crippen molar-refractivity contribution in [2.45, 2.75) is 103 Å². The molecule has 0 heterocycles. The third kappa shape index (κ3) is 13.8. The first-order chi connectivity index (χ1) is 21.9. The molecule has 11 heteroatoms. The molecule has 252 valence electrons. The molecule has 0 radical (unpaired) electrons. The van der Waals surface area contributed by atoms with Crippen molar-refractivity contribution in [3.05, 3.63) is 55.6 Å². The molecule has 2 rings (SSSR count). The van der Waals surface area contributed by atoms with E-state index in [1.165, 1.54) is 89.2 Å². The predicted octanol–water partition coefficient (Wildman–Crippen LogP) is 9.52. The molecular formula is C34H52N2O8S. The van der Waals surface area contributed by atoms with Gasteiger partial charge in [0, 0.05) is 11.1 Å². The van der Waals surface area contributed by atoms with Crippen molar-refractivity contribution in [2.24, 2.45) is 0 Å². The maximum absolute atomic E-state index is 11.5. The summed E-state index contributed by atoms with van der Waals surface area (Å²) in [7, 11) is 6.05. The number of benzene rings is 2. The van der Waals surface area contributed by atoms with Crippen LogP contribution in [0.1, 0.15) is 101 Å². The van der Waals surface area contributed by atoms with Crippen LogP contribution in [0.5, 0.6) is 23.0 Å². The molecule has 0 amide bonds. The van der Waals surface area contributed by atoms with Gasteiger partial charge in [-0.15, -0.1) is 0 Å². The smallest absolute Gasteiger partial charge is 0.276 e. The van der Waals surface area contributed by atoms with E-state index >= 15 is 0 Å². The minimum Gasteiger partial charge on any atom is -0.493 e. The van der Waals surface area contributed by atoms with E-state index in [9.17, 15) is 20.2 Å². The summed E-state index contributed by atoms with van der Waals surface area (Å²) in [5, 5.41) is 22.9. The Morgan fingerprint density at radius 3 is 1.09 bits per heavy atom. The Morgan fingerprint density at radius 2 is 0.778 bits per heavy atom. The summed E-state index contributed by atoms with van der Waals surface area (Å²) in [4.78, 5) is 22.2. The number of nitrogens with zero attached hydrogens (tertiary/aromatic N) is 2. The van der Waals surface area contributed by atoms with Crippen LogP contribution in [-0.2, 0) is 12.8 Å². The number of unbranched alkanes of at least 4 members (excludes halogenated alkanes) is 12. The molecule has 0 unspecified atom stereocenters. The van der Waals surface area contributed by atoms with Gasteiger partial charge in [0.25, 0.3) is 11.4 Å². The highest BCUT2D eigenvalue weighted by molar-refractivity contribution is 7.99. The van der Waals surface area contributed by atoms with Gasteiger partial charge < -0.3 is 18.9 Å². The van der Waals surface area contributed by atoms with Gasteiger partial charge in [-0.1, -0.05) is 64.2 Å². The highest BCUT2D eigenvalue weighted by Gasteiger charge is 2.20. The second kappa shape index (κ2) is 22.3. The van der Waals surface area contributed by atoms with Crippen LogP contribution in [-0.4, -0.2) is 49.8 Å². The van der Waals surface area contributed by atoms with Crippen LogP contribution in [0.25, 0.3) is 0 Å². The number of nitro benzene ring substituents is 2. The average molecular weight is 649 g/mol. The van der Waals surface area contributed by atoms with Crippen LogP contribution in [0.2, 0.25) is 0 Å². The molecule has 0 aliphatic carbocycles. The van der Waals surface area contributed by atoms with Crippen molar-refractivity contribution < 1.29 is 28.8 Å². The monoisotopic (exact) mass is 648 g/mol. The first-order valence-electron chi connectivity index (χ1n) is 16.2. The Hall–Kier alpha value is -3.21. The maximum Gasteiger partial charge on any atom is 0.276 e. The summed E-state index contributed by atoms with van der Waals surface area (Å²) >= 11 is 2.06. The van der Waals surface area contributed by atoms with Crippen molar-refractivity contribution in [1.82, 2.24) is 0 Å². The molecule has 0 spiro atoms. The number of methoxy groups -OCH3 is 4. The molecular weight excluding hydrogens is 596 g/mol. The third-order valence-corrected chi connectivity index (χ3v) is 9.19. The predicted molar refractivity (Wildman–Crippen MR) is 182 cm³/mol. The van der Waals surface area contributed by atoms with Crippen molar-refractivity contribution in [2.75, 3.05) is 39.9 Å². The Bertz CT molecular complexity index is 1090. The number of aryl methyl sites for hydroxylation is 2. The summed E-state index contributed by atoms with van der Waals surface area (Å²) in [5.74, 6) is 4.29. The van der Waals surface area contributed by atoms with E-state index in [1.54, 1.807) is 26.4 Å². The van der Waals surface area contributed by atoms with Crippen LogP contribution in [0.4, 0.5) is 11.4 Å². The van der Waals surface area contributed by atoms with Crippen molar-refractivity contribution in [1.29, 1.82) is 0 Å². The summed E-state index contributed by atoms with van der Waals surface area (Å²) in [6, 6.07) is 6.38. The average Bonchev–Trinajstić information content (AvgIpc) is 3.04. The quantitative estimate of drug-likeness (QED) is 0.0557. The second-order valence-corrected chi connectivity index (χ2v) is 12.5. The van der Waals surface area contributed by atoms with Crippen LogP contribution in [0.15, 0.2) is 24.3 Å². The normalized spacial score (nSPS) is 10.9. The number of hydrogen-bond acceptors (Lipinski definition) is 9. The lowest BCUT2D eigenvalue weighted by Crippen LogP contribution is -1.99. The molecule has 0 N–H and O–H groups in total. The summed E-state index contributed by atoms with van der Waals surface area (Å²) < 4.78 is 21.0. The van der Waals surface area contributed by atoms with Gasteiger partial charge in [0.2, 0.25) is 0 Å². The fourth-order valence-corrected chi connectivity index (χ4v) is 6.49. The van der Waals surface area contributed by atoms with E-state index in [-0.39, 0.29) is 21.2 Å². The molecule has 2 aromatic carbocycles. The minimum absolute atomic E-state index is 0.0976. The first-order valence-corrected chi connectivity index (χ1v) is 17.4. The molecule has 0 bridgehead atoms. The Balaban J connectivity index is 1.43. The fraction of sp³-hybridized carbons (Fsp3) is 0.647. The van der Waals surface area contributed by atoms with Gasteiger partial charge in [0.05, 0.1) is 50.4 Å². The largest absolute Gasteiger partial charge is 0.493 e. The molecule has 10 nitrogen and oxygen atoms in total. The van der Waals surface area contributed by atoms with E-state index in [0.29, 0.717) is 47.0 Å². The van der Waals surface area contributed by atoms with E-state index in [1.807, 2.05) is 0 Å². The van der Waals surface area contributed by atoms with Crippen molar-refractivity contribution in [3.63, 3.8) is 0 Å². The summed E-state index contributed by atoms with van der Waals surface area (Å²) in [6.07, 6.45) is 17.6. The molecule has 0 aromatic heterocycles. The van der Waals surface area contributed by atoms with E-state index in [4.69, 9.17) is 18.9 Å². The summed E-state index contributed by atoms with van der Waals surface area (Å²) in [6.45, 7) is 0. The molecule has 0 aliphatic rings. The third-order valence-electron chi connectivity index (χ3n) is 8.03. The van der Waals surface area contributed by atoms with E-state index < -0.39 is 0 Å². The lowest BCUT2D eigenvalue weighted by molar-refractivity contribution is -0.385. The van der Waals surface area contributed by atoms with Crippen LogP contribution in [0, 0.1) is 20.2 Å². The van der Waals surface area contributed by atoms with Crippen LogP contribution in [0.3, 0.4) is 0 Å². The number of hydrogen-bond donors (Lipinski definition) is 0. The SMILES string of the molecule is COc1cc(CCCCCCCCCSCCCCCCCCCc2cc(OC)c(OC)cc2[N+](=O)[O-])c([N+](=O)[O-])cc1OC. The Labute approximate surface area is 272 Å². The van der Waals surface area contributed by atoms with Gasteiger partial charge in [-0.2, -0.15) is 11.8 Å². The lowest BCUT2D eigenvalue weighted by atomic mass is 10.0. The molecule has 0 saturated carbocycles. The van der Waals surface area contributed by atoms with Gasteiger partial charge >= 0.3 is 0 Å². The van der Waals surface area contributed by atoms with Crippen molar-refractivity contribution in [3.8, 4) is 23.0 Å².